The Bertz CT molecular complexity index is 1970. The Morgan fingerprint density at radius 2 is 1.63 bits per heavy atom. The molecule has 9 atom stereocenters. The number of ether oxygens (including phenoxy) is 4. The number of fused-ring (bicyclic) bond motifs is 12. The van der Waals surface area contributed by atoms with Gasteiger partial charge in [0.25, 0.3) is 5.78 Å². The van der Waals surface area contributed by atoms with Gasteiger partial charge in [0, 0.05) is 61.8 Å². The second-order valence-electron chi connectivity index (χ2n) is 13.8. The van der Waals surface area contributed by atoms with Crippen LogP contribution in [-0.4, -0.2) is 84.6 Å². The molecule has 2 aromatic carbocycles. The first-order valence-electron chi connectivity index (χ1n) is 16.8. The number of aromatic nitrogens is 2. The summed E-state index contributed by atoms with van der Waals surface area (Å²) >= 11 is 0. The number of nitrogens with zero attached hydrogens (tertiary/aromatic N) is 2. The van der Waals surface area contributed by atoms with Crippen LogP contribution in [0.1, 0.15) is 70.2 Å². The van der Waals surface area contributed by atoms with Crippen LogP contribution in [0.5, 0.6) is 23.0 Å². The topological polar surface area (TPSA) is 198 Å². The average molecular weight is 707 g/mol. The van der Waals surface area contributed by atoms with Crippen LogP contribution in [0.3, 0.4) is 0 Å². The third-order valence-electron chi connectivity index (χ3n) is 10.3. The van der Waals surface area contributed by atoms with Crippen molar-refractivity contribution >= 4 is 39.0 Å². The molecule has 0 fully saturated rings. The molecule has 9 unspecified atom stereocenters. The Kier molecular flexibility index (Phi) is 10.4. The first-order chi connectivity index (χ1) is 23.9. The zero-order valence-electron chi connectivity index (χ0n) is 30.2. The third kappa shape index (κ3) is 6.49. The van der Waals surface area contributed by atoms with E-state index in [0.717, 1.165) is 0 Å². The first kappa shape index (κ1) is 37.5. The number of phenols is 3. The highest BCUT2D eigenvalue weighted by Crippen LogP contribution is 2.54. The number of rotatable bonds is 2. The van der Waals surface area contributed by atoms with Crippen molar-refractivity contribution in [3.05, 3.63) is 53.7 Å². The number of Topliss-reactive ketones (excluding diaryl/α,β-unsaturated/α-hetero) is 1. The van der Waals surface area contributed by atoms with Crippen molar-refractivity contribution in [2.24, 2.45) is 23.7 Å². The lowest BCUT2D eigenvalue weighted by Gasteiger charge is -2.38. The molecule has 6 rings (SSSR count). The minimum absolute atomic E-state index is 0.0343. The van der Waals surface area contributed by atoms with Gasteiger partial charge in [-0.3, -0.25) is 9.59 Å². The molecule has 5 N–H and O–H groups in total. The second-order valence-corrected chi connectivity index (χ2v) is 13.8. The van der Waals surface area contributed by atoms with E-state index in [9.17, 15) is 35.1 Å². The van der Waals surface area contributed by atoms with Crippen LogP contribution < -0.4 is 4.74 Å². The van der Waals surface area contributed by atoms with Gasteiger partial charge in [-0.1, -0.05) is 45.9 Å². The summed E-state index contributed by atoms with van der Waals surface area (Å²) in [5, 5.41) is 56.8. The van der Waals surface area contributed by atoms with E-state index in [1.54, 1.807) is 45.9 Å². The van der Waals surface area contributed by atoms with Crippen LogP contribution in [0.15, 0.2) is 36.8 Å². The molecule has 3 aliphatic heterocycles. The molecular formula is C38H46N2O11. The van der Waals surface area contributed by atoms with Gasteiger partial charge in [-0.2, -0.15) is 0 Å². The highest BCUT2D eigenvalue weighted by atomic mass is 16.7. The van der Waals surface area contributed by atoms with Gasteiger partial charge in [0.1, 0.15) is 28.9 Å². The monoisotopic (exact) mass is 706 g/mol. The zero-order chi connectivity index (χ0) is 37.7. The number of aliphatic hydroxyl groups excluding tert-OH is 2. The highest BCUT2D eigenvalue weighted by molar-refractivity contribution is 6.23. The SMILES string of the molecule is COC1/C=C\OC2(C)Oc3c(C)c(O)c4c(O)c5nc(ncc5c(O)c4c3C2=O)/C(C)=C\C=C/C(C)C(O)C(C)C(O)C(C)C(OC(C)=O)C1C. The number of hydrogen-bond acceptors (Lipinski definition) is 13. The van der Waals surface area contributed by atoms with Crippen LogP contribution in [0.25, 0.3) is 27.2 Å². The maximum atomic E-state index is 14.1. The number of carbonyl (C=O) groups is 2. The number of benzene rings is 2. The molecule has 4 heterocycles. The number of hydrogen-bond donors (Lipinski definition) is 5. The quantitative estimate of drug-likeness (QED) is 0.132. The lowest BCUT2D eigenvalue weighted by molar-refractivity contribution is -0.160. The summed E-state index contributed by atoms with van der Waals surface area (Å²) in [6.45, 7) is 12.9. The summed E-state index contributed by atoms with van der Waals surface area (Å²) in [6, 6.07) is 0. The molecule has 7 bridgehead atoms. The van der Waals surface area contributed by atoms with Crippen LogP contribution in [0.4, 0.5) is 0 Å². The van der Waals surface area contributed by atoms with Gasteiger partial charge < -0.3 is 44.5 Å². The van der Waals surface area contributed by atoms with E-state index in [1.807, 2.05) is 6.92 Å². The van der Waals surface area contributed by atoms with Crippen LogP contribution in [0, 0.1) is 30.6 Å². The maximum absolute atomic E-state index is 14.1. The summed E-state index contributed by atoms with van der Waals surface area (Å²) in [5.41, 5.74) is 0.551. The number of ketones is 1. The Morgan fingerprint density at radius 1 is 0.941 bits per heavy atom. The minimum atomic E-state index is -1.96. The fourth-order valence-corrected chi connectivity index (χ4v) is 7.08. The fraction of sp³-hybridized carbons (Fsp3) is 0.474. The van der Waals surface area contributed by atoms with E-state index in [4.69, 9.17) is 18.9 Å². The molecule has 0 aliphatic carbocycles. The van der Waals surface area contributed by atoms with Gasteiger partial charge in [-0.05, 0) is 25.5 Å². The Balaban J connectivity index is 1.70. The maximum Gasteiger partial charge on any atom is 0.312 e. The fourth-order valence-electron chi connectivity index (χ4n) is 7.08. The van der Waals surface area contributed by atoms with Gasteiger partial charge in [0.2, 0.25) is 0 Å². The van der Waals surface area contributed by atoms with Crippen LogP contribution in [0.2, 0.25) is 0 Å². The molecule has 3 aliphatic rings. The number of methoxy groups -OCH3 is 1. The molecule has 0 spiro atoms. The normalized spacial score (nSPS) is 32.5. The molecule has 13 nitrogen and oxygen atoms in total. The van der Waals surface area contributed by atoms with Gasteiger partial charge in [-0.25, -0.2) is 9.97 Å². The van der Waals surface area contributed by atoms with Gasteiger partial charge in [0.15, 0.2) is 11.6 Å². The molecule has 13 heteroatoms. The van der Waals surface area contributed by atoms with Crippen molar-refractivity contribution in [2.45, 2.75) is 85.6 Å². The number of phenolic OH excluding ortho intramolecular Hbond substituents is 3. The largest absolute Gasteiger partial charge is 0.507 e. The Morgan fingerprint density at radius 3 is 2.27 bits per heavy atom. The highest BCUT2D eigenvalue weighted by Gasteiger charge is 2.49. The molecule has 51 heavy (non-hydrogen) atoms. The first-order valence-corrected chi connectivity index (χ1v) is 16.8. The number of carbonyl (C=O) groups excluding carboxylic acids is 2. The van der Waals surface area contributed by atoms with E-state index in [1.165, 1.54) is 46.4 Å². The summed E-state index contributed by atoms with van der Waals surface area (Å²) in [7, 11) is 1.45. The van der Waals surface area contributed by atoms with E-state index < -0.39 is 82.9 Å². The van der Waals surface area contributed by atoms with Gasteiger partial charge in [0.05, 0.1) is 40.9 Å². The molecule has 0 saturated carbocycles. The Hall–Kier alpha value is -4.72. The third-order valence-corrected chi connectivity index (χ3v) is 10.3. The minimum Gasteiger partial charge on any atom is -0.507 e. The van der Waals surface area contributed by atoms with Crippen molar-refractivity contribution in [3.63, 3.8) is 0 Å². The van der Waals surface area contributed by atoms with E-state index in [2.05, 4.69) is 9.97 Å². The predicted molar refractivity (Wildman–Crippen MR) is 188 cm³/mol. The summed E-state index contributed by atoms with van der Waals surface area (Å²) in [5.74, 6) is -6.61. The van der Waals surface area contributed by atoms with Crippen LogP contribution in [-0.2, 0) is 19.0 Å². The molecule has 0 saturated heterocycles. The lowest BCUT2D eigenvalue weighted by Crippen LogP contribution is -2.46. The smallest absolute Gasteiger partial charge is 0.312 e. The van der Waals surface area contributed by atoms with E-state index >= 15 is 0 Å². The van der Waals surface area contributed by atoms with Crippen molar-refractivity contribution in [2.75, 3.05) is 7.11 Å². The van der Waals surface area contributed by atoms with Crippen molar-refractivity contribution in [1.29, 1.82) is 0 Å². The molecule has 0 radical (unpaired) electrons. The molecular weight excluding hydrogens is 660 g/mol. The molecule has 3 aromatic rings. The molecule has 274 valence electrons. The average Bonchev–Trinajstić information content (AvgIpc) is 3.36. The summed E-state index contributed by atoms with van der Waals surface area (Å²) < 4.78 is 23.4. The van der Waals surface area contributed by atoms with E-state index in [-0.39, 0.29) is 44.4 Å². The summed E-state index contributed by atoms with van der Waals surface area (Å²) in [4.78, 5) is 35.2. The number of aromatic hydroxyl groups is 3. The van der Waals surface area contributed by atoms with Crippen LogP contribution >= 0.6 is 0 Å². The van der Waals surface area contributed by atoms with Crippen molar-refractivity contribution < 1.29 is 54.1 Å². The molecule has 0 amide bonds. The van der Waals surface area contributed by atoms with E-state index in [0.29, 0.717) is 5.57 Å². The lowest BCUT2D eigenvalue weighted by atomic mass is 9.78. The number of allylic oxidation sites excluding steroid dienone is 3. The zero-order valence-corrected chi connectivity index (χ0v) is 30.2. The number of esters is 1. The van der Waals surface area contributed by atoms with Crippen molar-refractivity contribution in [3.8, 4) is 23.0 Å². The Labute approximate surface area is 295 Å². The van der Waals surface area contributed by atoms with Gasteiger partial charge in [-0.15, -0.1) is 0 Å². The number of aliphatic hydroxyl groups is 2. The van der Waals surface area contributed by atoms with Gasteiger partial charge >= 0.3 is 11.8 Å². The second kappa shape index (κ2) is 14.1. The predicted octanol–water partition coefficient (Wildman–Crippen LogP) is 5.22. The summed E-state index contributed by atoms with van der Waals surface area (Å²) in [6.07, 6.45) is 5.58. The standard InChI is InChI=1S/C38H46N2O11/c1-16-11-10-12-17(2)37-39-15-23-28(40-37)33(46)26-25(32(23)45)27-35(21(6)31(26)44)51-38(8,36(27)47)49-14-13-24(48-9)18(3)34(50-22(7)41)20(5)30(43)19(4)29(16)42/h10-16,18-20,24,29-30,34,42-46H,1-9H3/b11-10-,14-13-,17-12-. The molecule has 1 aromatic heterocycles. The van der Waals surface area contributed by atoms with Crippen molar-refractivity contribution in [1.82, 2.24) is 9.97 Å².